The number of aromatic nitrogens is 2. The molecule has 1 aliphatic rings. The number of carbonyl (C=O) groups is 1. The van der Waals surface area contributed by atoms with E-state index in [1.807, 2.05) is 66.4 Å². The number of aryl methyl sites for hydroxylation is 1. The third-order valence-electron chi connectivity index (χ3n) is 5.75. The van der Waals surface area contributed by atoms with Crippen LogP contribution in [0.15, 0.2) is 65.2 Å². The molecule has 1 saturated heterocycles. The minimum atomic E-state index is -0.0679. The van der Waals surface area contributed by atoms with Crippen LogP contribution in [0.3, 0.4) is 0 Å². The van der Waals surface area contributed by atoms with Gasteiger partial charge in [0.1, 0.15) is 17.1 Å². The van der Waals surface area contributed by atoms with Crippen LogP contribution in [0.25, 0.3) is 22.4 Å². The van der Waals surface area contributed by atoms with Crippen molar-refractivity contribution >= 4 is 16.9 Å². The van der Waals surface area contributed by atoms with Crippen molar-refractivity contribution in [3.05, 3.63) is 77.8 Å². The number of hydrogen-bond acceptors (Lipinski definition) is 5. The quantitative estimate of drug-likeness (QED) is 0.461. The number of methoxy groups -OCH3 is 1. The second-order valence-corrected chi connectivity index (χ2v) is 7.80. The molecule has 0 N–H and O–H groups in total. The molecule has 0 saturated carbocycles. The highest BCUT2D eigenvalue weighted by molar-refractivity contribution is 5.98. The fraction of sp³-hybridized carbons (Fsp3) is 0.240. The van der Waals surface area contributed by atoms with Crippen LogP contribution >= 0.6 is 0 Å². The van der Waals surface area contributed by atoms with Crippen LogP contribution in [0.1, 0.15) is 40.7 Å². The molecular formula is C25H23N3O3. The summed E-state index contributed by atoms with van der Waals surface area (Å²) in [6, 6.07) is 17.1. The van der Waals surface area contributed by atoms with Crippen LogP contribution in [0, 0.1) is 6.92 Å². The maximum Gasteiger partial charge on any atom is 0.254 e. The van der Waals surface area contributed by atoms with Crippen molar-refractivity contribution in [2.75, 3.05) is 13.7 Å². The lowest BCUT2D eigenvalue weighted by Crippen LogP contribution is -2.31. The zero-order valence-corrected chi connectivity index (χ0v) is 17.5. The van der Waals surface area contributed by atoms with Crippen molar-refractivity contribution in [2.24, 2.45) is 0 Å². The molecule has 1 aliphatic heterocycles. The molecule has 0 radical (unpaired) electrons. The standard InChI is InChI=1S/C25H23N3O3/c1-16-13-19-14-18(8-9-23(19)31-16)25(29)28-12-4-7-22(28)21-10-11-26-24(27-21)17-5-3-6-20(15-17)30-2/h3,5-6,8-11,13-15,22H,4,7,12H2,1-2H3/t22-/m0/s1. The van der Waals surface area contributed by atoms with E-state index in [0.717, 1.165) is 46.6 Å². The third-order valence-corrected chi connectivity index (χ3v) is 5.75. The number of rotatable bonds is 4. The summed E-state index contributed by atoms with van der Waals surface area (Å²) < 4.78 is 11.0. The van der Waals surface area contributed by atoms with Gasteiger partial charge in [-0.05, 0) is 62.2 Å². The molecule has 0 unspecified atom stereocenters. The Bertz CT molecular complexity index is 1260. The Balaban J connectivity index is 1.45. The summed E-state index contributed by atoms with van der Waals surface area (Å²) in [7, 11) is 1.64. The lowest BCUT2D eigenvalue weighted by atomic mass is 10.1. The van der Waals surface area contributed by atoms with Gasteiger partial charge >= 0.3 is 0 Å². The highest BCUT2D eigenvalue weighted by Crippen LogP contribution is 2.33. The molecule has 0 bridgehead atoms. The minimum absolute atomic E-state index is 0.0183. The van der Waals surface area contributed by atoms with E-state index in [1.165, 1.54) is 0 Å². The maximum atomic E-state index is 13.4. The average Bonchev–Trinajstić information content (AvgIpc) is 3.44. The number of hydrogen-bond donors (Lipinski definition) is 0. The molecule has 2 aromatic carbocycles. The first-order valence-electron chi connectivity index (χ1n) is 10.4. The summed E-state index contributed by atoms with van der Waals surface area (Å²) in [6.45, 7) is 2.62. The molecule has 31 heavy (non-hydrogen) atoms. The fourth-order valence-electron chi connectivity index (χ4n) is 4.25. The molecule has 2 aromatic heterocycles. The van der Waals surface area contributed by atoms with Gasteiger partial charge in [0, 0.05) is 29.3 Å². The van der Waals surface area contributed by atoms with E-state index in [2.05, 4.69) is 4.98 Å². The van der Waals surface area contributed by atoms with Crippen molar-refractivity contribution < 1.29 is 13.9 Å². The molecule has 3 heterocycles. The predicted octanol–water partition coefficient (Wildman–Crippen LogP) is 5.18. The van der Waals surface area contributed by atoms with E-state index in [0.29, 0.717) is 17.9 Å². The van der Waals surface area contributed by atoms with Crippen molar-refractivity contribution in [1.29, 1.82) is 0 Å². The topological polar surface area (TPSA) is 68.5 Å². The van der Waals surface area contributed by atoms with E-state index in [9.17, 15) is 4.79 Å². The normalized spacial score (nSPS) is 16.1. The number of fused-ring (bicyclic) bond motifs is 1. The van der Waals surface area contributed by atoms with Gasteiger partial charge in [-0.1, -0.05) is 12.1 Å². The lowest BCUT2D eigenvalue weighted by Gasteiger charge is -2.24. The number of amides is 1. The van der Waals surface area contributed by atoms with Gasteiger partial charge < -0.3 is 14.1 Å². The Morgan fingerprint density at radius 3 is 2.94 bits per heavy atom. The van der Waals surface area contributed by atoms with E-state index in [-0.39, 0.29) is 11.9 Å². The highest BCUT2D eigenvalue weighted by atomic mass is 16.5. The number of carbonyl (C=O) groups excluding carboxylic acids is 1. The van der Waals surface area contributed by atoms with E-state index in [4.69, 9.17) is 14.1 Å². The minimum Gasteiger partial charge on any atom is -0.497 e. The molecule has 6 nitrogen and oxygen atoms in total. The average molecular weight is 413 g/mol. The van der Waals surface area contributed by atoms with Gasteiger partial charge in [-0.25, -0.2) is 9.97 Å². The molecular weight excluding hydrogens is 390 g/mol. The van der Waals surface area contributed by atoms with Gasteiger partial charge in [0.2, 0.25) is 0 Å². The Morgan fingerprint density at radius 1 is 1.16 bits per heavy atom. The molecule has 156 valence electrons. The van der Waals surface area contributed by atoms with E-state index >= 15 is 0 Å². The molecule has 6 heteroatoms. The van der Waals surface area contributed by atoms with Crippen LogP contribution in [-0.4, -0.2) is 34.4 Å². The van der Waals surface area contributed by atoms with Gasteiger partial charge in [-0.3, -0.25) is 4.79 Å². The van der Waals surface area contributed by atoms with Crippen LogP contribution in [0.4, 0.5) is 0 Å². The Labute approximate surface area is 180 Å². The van der Waals surface area contributed by atoms with Gasteiger partial charge in [0.25, 0.3) is 5.91 Å². The van der Waals surface area contributed by atoms with E-state index in [1.54, 1.807) is 13.3 Å². The molecule has 0 aliphatic carbocycles. The number of nitrogens with zero attached hydrogens (tertiary/aromatic N) is 3. The largest absolute Gasteiger partial charge is 0.497 e. The van der Waals surface area contributed by atoms with Crippen molar-refractivity contribution in [2.45, 2.75) is 25.8 Å². The van der Waals surface area contributed by atoms with Gasteiger partial charge in [-0.15, -0.1) is 0 Å². The Kier molecular flexibility index (Phi) is 4.90. The summed E-state index contributed by atoms with van der Waals surface area (Å²) >= 11 is 0. The number of benzene rings is 2. The molecule has 1 fully saturated rings. The Hall–Kier alpha value is -3.67. The monoisotopic (exact) mass is 413 g/mol. The van der Waals surface area contributed by atoms with Crippen LogP contribution < -0.4 is 4.74 Å². The van der Waals surface area contributed by atoms with Crippen molar-refractivity contribution in [3.8, 4) is 17.1 Å². The first-order chi connectivity index (χ1) is 15.1. The number of furan rings is 1. The Morgan fingerprint density at radius 2 is 2.06 bits per heavy atom. The SMILES string of the molecule is COc1cccc(-c2nccc([C@@H]3CCCN3C(=O)c3ccc4oc(C)cc4c3)n2)c1. The summed E-state index contributed by atoms with van der Waals surface area (Å²) in [5, 5.41) is 0.946. The van der Waals surface area contributed by atoms with Crippen molar-refractivity contribution in [1.82, 2.24) is 14.9 Å². The number of ether oxygens (including phenoxy) is 1. The smallest absolute Gasteiger partial charge is 0.254 e. The van der Waals surface area contributed by atoms with E-state index < -0.39 is 0 Å². The van der Waals surface area contributed by atoms with Gasteiger partial charge in [0.05, 0.1) is 18.8 Å². The summed E-state index contributed by atoms with van der Waals surface area (Å²) in [5.41, 5.74) is 3.21. The molecule has 1 atom stereocenters. The van der Waals surface area contributed by atoms with Crippen LogP contribution in [0.2, 0.25) is 0 Å². The van der Waals surface area contributed by atoms with Crippen molar-refractivity contribution in [3.63, 3.8) is 0 Å². The molecule has 4 aromatic rings. The lowest BCUT2D eigenvalue weighted by molar-refractivity contribution is 0.0733. The maximum absolute atomic E-state index is 13.4. The van der Waals surface area contributed by atoms with Crippen LogP contribution in [0.5, 0.6) is 5.75 Å². The second-order valence-electron chi connectivity index (χ2n) is 7.80. The third kappa shape index (κ3) is 3.65. The highest BCUT2D eigenvalue weighted by Gasteiger charge is 2.32. The molecule has 5 rings (SSSR count). The fourth-order valence-corrected chi connectivity index (χ4v) is 4.25. The summed E-state index contributed by atoms with van der Waals surface area (Å²) in [5.74, 6) is 2.24. The molecule has 0 spiro atoms. The first-order valence-corrected chi connectivity index (χ1v) is 10.4. The first kappa shape index (κ1) is 19.3. The van der Waals surface area contributed by atoms with Gasteiger partial charge in [-0.2, -0.15) is 0 Å². The summed E-state index contributed by atoms with van der Waals surface area (Å²) in [6.07, 6.45) is 3.59. The molecule has 1 amide bonds. The second kappa shape index (κ2) is 7.87. The zero-order valence-electron chi connectivity index (χ0n) is 17.5. The summed E-state index contributed by atoms with van der Waals surface area (Å²) in [4.78, 5) is 24.5. The predicted molar refractivity (Wildman–Crippen MR) is 118 cm³/mol. The van der Waals surface area contributed by atoms with Gasteiger partial charge in [0.15, 0.2) is 5.82 Å². The zero-order chi connectivity index (χ0) is 21.4. The number of likely N-dealkylation sites (tertiary alicyclic amines) is 1. The van der Waals surface area contributed by atoms with Crippen LogP contribution in [-0.2, 0) is 0 Å².